The van der Waals surface area contributed by atoms with Crippen molar-refractivity contribution in [2.45, 2.75) is 6.54 Å². The highest BCUT2D eigenvalue weighted by Crippen LogP contribution is 2.05. The smallest absolute Gasteiger partial charge is 0.0851 e. The van der Waals surface area contributed by atoms with E-state index < -0.39 is 0 Å². The minimum atomic E-state index is 0.619. The zero-order valence-corrected chi connectivity index (χ0v) is 6.21. The molecule has 2 nitrogen and oxygen atoms in total. The van der Waals surface area contributed by atoms with Crippen molar-refractivity contribution in [3.63, 3.8) is 0 Å². The van der Waals surface area contributed by atoms with Gasteiger partial charge >= 0.3 is 0 Å². The molecule has 0 N–H and O–H groups in total. The lowest BCUT2D eigenvalue weighted by atomic mass is 10.6. The first-order valence-electron chi connectivity index (χ1n) is 2.34. The van der Waals surface area contributed by atoms with Crippen LogP contribution in [0.2, 0.25) is 0 Å². The fourth-order valence-corrected chi connectivity index (χ4v) is 1.01. The predicted molar refractivity (Wildman–Crippen MR) is 40.8 cm³/mol. The van der Waals surface area contributed by atoms with E-state index in [0.29, 0.717) is 6.54 Å². The summed E-state index contributed by atoms with van der Waals surface area (Å²) in [6, 6.07) is 0. The summed E-state index contributed by atoms with van der Waals surface area (Å²) in [4.78, 5) is 8.74. The number of aliphatic imine (C=N–C) groups is 1. The van der Waals surface area contributed by atoms with E-state index in [2.05, 4.69) is 27.4 Å². The molecule has 0 bridgehead atoms. The Morgan fingerprint density at radius 2 is 2.78 bits per heavy atom. The molecule has 0 aliphatic carbocycles. The van der Waals surface area contributed by atoms with Crippen LogP contribution in [-0.2, 0) is 6.54 Å². The average Bonchev–Trinajstić information content (AvgIpc) is 2.34. The molecule has 9 heavy (non-hydrogen) atoms. The number of aromatic nitrogens is 1. The lowest BCUT2D eigenvalue weighted by Crippen LogP contribution is -1.69. The van der Waals surface area contributed by atoms with E-state index in [1.165, 1.54) is 0 Å². The molecule has 0 fully saturated rings. The zero-order chi connectivity index (χ0) is 6.53. The van der Waals surface area contributed by atoms with Crippen LogP contribution in [0.3, 0.4) is 0 Å². The van der Waals surface area contributed by atoms with E-state index in [9.17, 15) is 0 Å². The lowest BCUT2D eigenvalue weighted by molar-refractivity contribution is 1.11. The predicted octanol–water partition coefficient (Wildman–Crippen LogP) is 1.75. The first-order valence-corrected chi connectivity index (χ1v) is 3.63. The van der Waals surface area contributed by atoms with Gasteiger partial charge in [-0.3, -0.25) is 4.98 Å². The maximum absolute atomic E-state index is 4.39. The second-order valence-electron chi connectivity index (χ2n) is 1.38. The quantitative estimate of drug-likeness (QED) is 0.481. The van der Waals surface area contributed by atoms with Crippen LogP contribution in [0.4, 0.5) is 0 Å². The monoisotopic (exact) mass is 156 g/mol. The average molecular weight is 156 g/mol. The summed E-state index contributed by atoms with van der Waals surface area (Å²) in [7, 11) is 0. The molecule has 0 spiro atoms. The third-order valence-electron chi connectivity index (χ3n) is 0.783. The van der Waals surface area contributed by atoms with E-state index >= 15 is 0 Å². The minimum absolute atomic E-state index is 0.619. The molecule has 46 valence electrons. The fourth-order valence-electron chi connectivity index (χ4n) is 0.430. The number of isothiocyanates is 1. The van der Waals surface area contributed by atoms with Crippen LogP contribution < -0.4 is 0 Å². The number of hydrogen-bond acceptors (Lipinski definition) is 4. The van der Waals surface area contributed by atoms with Gasteiger partial charge < -0.3 is 0 Å². The van der Waals surface area contributed by atoms with E-state index in [4.69, 9.17) is 0 Å². The molecule has 0 atom stereocenters. The maximum atomic E-state index is 4.39. The van der Waals surface area contributed by atoms with Crippen molar-refractivity contribution < 1.29 is 0 Å². The van der Waals surface area contributed by atoms with E-state index in [1.807, 2.05) is 0 Å². The second-order valence-corrected chi connectivity index (χ2v) is 2.53. The van der Waals surface area contributed by atoms with E-state index in [0.717, 1.165) is 4.88 Å². The largest absolute Gasteiger partial charge is 0.253 e. The summed E-state index contributed by atoms with van der Waals surface area (Å²) in [5.41, 5.74) is 1.77. The Morgan fingerprint density at radius 1 is 1.89 bits per heavy atom. The Hall–Kier alpha value is -0.570. The van der Waals surface area contributed by atoms with Crippen molar-refractivity contribution in [1.29, 1.82) is 0 Å². The Labute approximate surface area is 62.3 Å². The number of hydrogen-bond donors (Lipinski definition) is 0. The van der Waals surface area contributed by atoms with Crippen LogP contribution in [0.25, 0.3) is 0 Å². The van der Waals surface area contributed by atoms with Crippen molar-refractivity contribution in [1.82, 2.24) is 4.98 Å². The first-order chi connectivity index (χ1) is 4.43. The van der Waals surface area contributed by atoms with Gasteiger partial charge in [-0.25, -0.2) is 4.99 Å². The molecule has 1 heterocycles. The second kappa shape index (κ2) is 3.45. The standard InChI is InChI=1S/C5H4N2S2/c8-3-6-1-5-2-7-4-9-5/h2,4H,1H2. The van der Waals surface area contributed by atoms with Gasteiger partial charge in [0.2, 0.25) is 0 Å². The zero-order valence-electron chi connectivity index (χ0n) is 4.57. The molecule has 0 amide bonds. The van der Waals surface area contributed by atoms with Gasteiger partial charge in [0, 0.05) is 11.1 Å². The fraction of sp³-hybridized carbons (Fsp3) is 0.200. The van der Waals surface area contributed by atoms with Crippen LogP contribution in [-0.4, -0.2) is 10.1 Å². The molecular formula is C5H4N2S2. The van der Waals surface area contributed by atoms with Crippen LogP contribution in [0.5, 0.6) is 0 Å². The van der Waals surface area contributed by atoms with E-state index in [1.54, 1.807) is 23.0 Å². The van der Waals surface area contributed by atoms with Gasteiger partial charge in [0.05, 0.1) is 17.2 Å². The summed E-state index contributed by atoms with van der Waals surface area (Å²) < 4.78 is 0. The molecule has 1 rings (SSSR count). The van der Waals surface area contributed by atoms with Crippen molar-refractivity contribution in [3.05, 3.63) is 16.6 Å². The van der Waals surface area contributed by atoms with Crippen LogP contribution >= 0.6 is 23.6 Å². The Balaban J connectivity index is 2.57. The first kappa shape index (κ1) is 6.55. The van der Waals surface area contributed by atoms with Crippen LogP contribution in [0.15, 0.2) is 16.7 Å². The highest BCUT2D eigenvalue weighted by Gasteiger charge is 1.88. The molecular weight excluding hydrogens is 152 g/mol. The third kappa shape index (κ3) is 2.01. The van der Waals surface area contributed by atoms with Crippen molar-refractivity contribution in [2.75, 3.05) is 0 Å². The van der Waals surface area contributed by atoms with Crippen LogP contribution in [0.1, 0.15) is 4.88 Å². The molecule has 0 aromatic carbocycles. The van der Waals surface area contributed by atoms with Gasteiger partial charge in [-0.1, -0.05) is 0 Å². The summed E-state index contributed by atoms with van der Waals surface area (Å²) in [6.07, 6.45) is 1.78. The lowest BCUT2D eigenvalue weighted by Gasteiger charge is -1.79. The minimum Gasteiger partial charge on any atom is -0.253 e. The highest BCUT2D eigenvalue weighted by molar-refractivity contribution is 7.78. The molecule has 0 saturated heterocycles. The van der Waals surface area contributed by atoms with Crippen molar-refractivity contribution in [3.8, 4) is 0 Å². The number of thiocarbonyl (C=S) groups is 1. The van der Waals surface area contributed by atoms with Crippen molar-refractivity contribution >= 4 is 28.7 Å². The van der Waals surface area contributed by atoms with Gasteiger partial charge in [0.15, 0.2) is 0 Å². The highest BCUT2D eigenvalue weighted by atomic mass is 32.1. The van der Waals surface area contributed by atoms with Gasteiger partial charge in [-0.15, -0.1) is 11.3 Å². The maximum Gasteiger partial charge on any atom is 0.0851 e. The molecule has 0 aliphatic rings. The molecule has 0 radical (unpaired) electrons. The molecule has 0 unspecified atom stereocenters. The normalized spacial score (nSPS) is 8.44. The molecule has 1 aromatic heterocycles. The summed E-state index contributed by atoms with van der Waals surface area (Å²) >= 11 is 5.96. The third-order valence-corrected chi connectivity index (χ3v) is 1.68. The molecule has 1 aromatic rings. The van der Waals surface area contributed by atoms with Gasteiger partial charge in [-0.05, 0) is 12.2 Å². The van der Waals surface area contributed by atoms with Gasteiger partial charge in [-0.2, -0.15) is 0 Å². The topological polar surface area (TPSA) is 25.2 Å². The van der Waals surface area contributed by atoms with Gasteiger partial charge in [0.1, 0.15) is 0 Å². The molecule has 4 heteroatoms. The molecule has 0 aliphatic heterocycles. The van der Waals surface area contributed by atoms with Gasteiger partial charge in [0.25, 0.3) is 0 Å². The molecule has 0 saturated carbocycles. The van der Waals surface area contributed by atoms with Crippen LogP contribution in [0, 0.1) is 0 Å². The Bertz CT molecular complexity index is 211. The Morgan fingerprint density at radius 3 is 3.33 bits per heavy atom. The SMILES string of the molecule is S=C=NCc1cncs1. The number of thiazole rings is 1. The summed E-state index contributed by atoms with van der Waals surface area (Å²) in [6.45, 7) is 0.619. The van der Waals surface area contributed by atoms with E-state index in [-0.39, 0.29) is 0 Å². The number of nitrogens with zero attached hydrogens (tertiary/aromatic N) is 2. The Kier molecular flexibility index (Phi) is 2.51. The number of rotatable bonds is 2. The summed E-state index contributed by atoms with van der Waals surface area (Å²) in [5.74, 6) is 0. The van der Waals surface area contributed by atoms with Crippen molar-refractivity contribution in [2.24, 2.45) is 4.99 Å². The summed E-state index contributed by atoms with van der Waals surface area (Å²) in [5, 5.41) is 2.29.